The fourth-order valence-electron chi connectivity index (χ4n) is 4.29. The van der Waals surface area contributed by atoms with Gasteiger partial charge in [-0.25, -0.2) is 4.39 Å². The minimum atomic E-state index is -0.515. The van der Waals surface area contributed by atoms with E-state index in [1.54, 1.807) is 0 Å². The maximum Gasteiger partial charge on any atom is 0.191 e. The number of guanidine groups is 1. The number of hydrogen-bond donors (Lipinski definition) is 4. The molecule has 0 fully saturated rings. The van der Waals surface area contributed by atoms with Crippen molar-refractivity contribution in [3.05, 3.63) is 71.2 Å². The number of halogens is 1. The Bertz CT molecular complexity index is 1060. The number of rotatable bonds is 8. The topological polar surface area (TPSA) is 75.7 Å². The molecule has 1 unspecified atom stereocenters. The smallest absolute Gasteiger partial charge is 0.191 e. The first-order valence-corrected chi connectivity index (χ1v) is 11.4. The molecular weight excluding hydrogens is 405 g/mol. The maximum absolute atomic E-state index is 13.4. The highest BCUT2D eigenvalue weighted by atomic mass is 19.1. The van der Waals surface area contributed by atoms with E-state index < -0.39 is 6.10 Å². The van der Waals surface area contributed by atoms with Gasteiger partial charge in [0.25, 0.3) is 0 Å². The fraction of sp³-hybridized carbons (Fsp3) is 0.400. The summed E-state index contributed by atoms with van der Waals surface area (Å²) in [4.78, 5) is 10.00. The summed E-state index contributed by atoms with van der Waals surface area (Å²) in [6.45, 7) is 6.26. The summed E-state index contributed by atoms with van der Waals surface area (Å²) in [5.41, 5.74) is 4.71. The van der Waals surface area contributed by atoms with E-state index >= 15 is 0 Å². The van der Waals surface area contributed by atoms with Gasteiger partial charge in [-0.1, -0.05) is 24.3 Å². The van der Waals surface area contributed by atoms with Gasteiger partial charge in [-0.3, -0.25) is 9.89 Å². The van der Waals surface area contributed by atoms with E-state index in [1.807, 2.05) is 19.2 Å². The molecule has 6 nitrogen and oxygen atoms in total. The van der Waals surface area contributed by atoms with Crippen LogP contribution in [-0.2, 0) is 19.4 Å². The second kappa shape index (κ2) is 10.6. The van der Waals surface area contributed by atoms with Gasteiger partial charge in [-0.05, 0) is 54.7 Å². The van der Waals surface area contributed by atoms with E-state index in [0.29, 0.717) is 25.6 Å². The third kappa shape index (κ3) is 5.66. The van der Waals surface area contributed by atoms with Gasteiger partial charge >= 0.3 is 0 Å². The first-order valence-electron chi connectivity index (χ1n) is 11.4. The van der Waals surface area contributed by atoms with Crippen molar-refractivity contribution in [1.29, 1.82) is 0 Å². The highest BCUT2D eigenvalue weighted by molar-refractivity contribution is 5.83. The van der Waals surface area contributed by atoms with Crippen LogP contribution in [0.25, 0.3) is 10.9 Å². The average molecular weight is 438 g/mol. The molecule has 0 bridgehead atoms. The molecule has 7 heteroatoms. The molecule has 170 valence electrons. The number of aromatic nitrogens is 1. The standard InChI is InChI=1S/C25H32FN5O/c1-2-27-25(28-11-9-19-14-29-24-13-21(26)7-8-23(19)24)30-15-22(32)17-31-12-10-18-5-3-4-6-20(18)16-31/h3-8,13-14,22,29,32H,2,9-12,15-17H2,1H3,(H2,27,28,30). The summed E-state index contributed by atoms with van der Waals surface area (Å²) in [6.07, 6.45) is 3.22. The van der Waals surface area contributed by atoms with Gasteiger partial charge < -0.3 is 20.7 Å². The number of H-pyrrole nitrogens is 1. The van der Waals surface area contributed by atoms with Crippen molar-refractivity contribution >= 4 is 16.9 Å². The van der Waals surface area contributed by atoms with Crippen molar-refractivity contribution in [3.8, 4) is 0 Å². The van der Waals surface area contributed by atoms with E-state index in [0.717, 1.165) is 48.9 Å². The molecule has 0 aliphatic carbocycles. The van der Waals surface area contributed by atoms with Gasteiger partial charge in [-0.15, -0.1) is 0 Å². The quantitative estimate of drug-likeness (QED) is 0.323. The van der Waals surface area contributed by atoms with Crippen LogP contribution in [0.15, 0.2) is 53.7 Å². The van der Waals surface area contributed by atoms with Gasteiger partial charge in [-0.2, -0.15) is 0 Å². The Morgan fingerprint density at radius 2 is 2.06 bits per heavy atom. The molecular formula is C25H32FN5O. The summed E-state index contributed by atoms with van der Waals surface area (Å²) in [7, 11) is 0. The number of aromatic amines is 1. The van der Waals surface area contributed by atoms with Crippen molar-refractivity contribution in [1.82, 2.24) is 20.5 Å². The number of aliphatic hydroxyl groups excluding tert-OH is 1. The largest absolute Gasteiger partial charge is 0.390 e. The molecule has 32 heavy (non-hydrogen) atoms. The molecule has 0 saturated heterocycles. The molecule has 0 radical (unpaired) electrons. The van der Waals surface area contributed by atoms with Gasteiger partial charge in [0.05, 0.1) is 12.6 Å². The number of benzene rings is 2. The van der Waals surface area contributed by atoms with E-state index in [9.17, 15) is 9.50 Å². The van der Waals surface area contributed by atoms with Crippen molar-refractivity contribution in [2.24, 2.45) is 4.99 Å². The van der Waals surface area contributed by atoms with E-state index in [2.05, 4.69) is 49.8 Å². The zero-order valence-corrected chi connectivity index (χ0v) is 18.6. The van der Waals surface area contributed by atoms with Gasteiger partial charge in [0.2, 0.25) is 0 Å². The van der Waals surface area contributed by atoms with Crippen LogP contribution >= 0.6 is 0 Å². The highest BCUT2D eigenvalue weighted by Gasteiger charge is 2.18. The van der Waals surface area contributed by atoms with Crippen molar-refractivity contribution in [3.63, 3.8) is 0 Å². The Hall–Kier alpha value is -2.90. The Morgan fingerprint density at radius 3 is 2.91 bits per heavy atom. The number of nitrogens with one attached hydrogen (secondary N) is 3. The predicted octanol–water partition coefficient (Wildman–Crippen LogP) is 2.82. The number of aliphatic hydroxyl groups is 1. The first-order chi connectivity index (χ1) is 15.6. The molecule has 1 aromatic heterocycles. The minimum Gasteiger partial charge on any atom is -0.390 e. The molecule has 3 aromatic rings. The SMILES string of the molecule is CCNC(=NCC(O)CN1CCc2ccccc2C1)NCCc1c[nH]c2cc(F)ccc12. The van der Waals surface area contributed by atoms with Gasteiger partial charge in [0, 0.05) is 49.8 Å². The van der Waals surface area contributed by atoms with Crippen molar-refractivity contribution in [2.75, 3.05) is 32.7 Å². The first kappa shape index (κ1) is 22.3. The monoisotopic (exact) mass is 437 g/mol. The lowest BCUT2D eigenvalue weighted by atomic mass is 10.00. The molecule has 2 aromatic carbocycles. The Balaban J connectivity index is 1.27. The fourth-order valence-corrected chi connectivity index (χ4v) is 4.29. The third-order valence-corrected chi connectivity index (χ3v) is 5.90. The van der Waals surface area contributed by atoms with E-state index in [-0.39, 0.29) is 5.82 Å². The molecule has 4 rings (SSSR count). The molecule has 2 heterocycles. The summed E-state index contributed by atoms with van der Waals surface area (Å²) in [5, 5.41) is 18.1. The van der Waals surface area contributed by atoms with Crippen LogP contribution in [0.1, 0.15) is 23.6 Å². The van der Waals surface area contributed by atoms with Gasteiger partial charge in [0.1, 0.15) is 5.82 Å². The van der Waals surface area contributed by atoms with E-state index in [4.69, 9.17) is 0 Å². The van der Waals surface area contributed by atoms with Gasteiger partial charge in [0.15, 0.2) is 5.96 Å². The number of aliphatic imine (C=N–C) groups is 1. The Labute approximate surface area is 188 Å². The molecule has 0 saturated carbocycles. The lowest BCUT2D eigenvalue weighted by Gasteiger charge is -2.30. The van der Waals surface area contributed by atoms with Crippen LogP contribution in [0.4, 0.5) is 4.39 Å². The van der Waals surface area contributed by atoms with Crippen LogP contribution in [0.3, 0.4) is 0 Å². The maximum atomic E-state index is 13.4. The average Bonchev–Trinajstić information content (AvgIpc) is 3.19. The minimum absolute atomic E-state index is 0.238. The van der Waals surface area contributed by atoms with E-state index in [1.165, 1.54) is 23.3 Å². The Morgan fingerprint density at radius 1 is 1.22 bits per heavy atom. The number of nitrogens with zero attached hydrogens (tertiary/aromatic N) is 2. The van der Waals surface area contributed by atoms with Crippen LogP contribution in [0, 0.1) is 5.82 Å². The molecule has 0 spiro atoms. The number of fused-ring (bicyclic) bond motifs is 2. The number of β-amino-alcohol motifs (C(OH)–C–C–N with tert-alkyl or cyclic N) is 1. The zero-order valence-electron chi connectivity index (χ0n) is 18.6. The molecule has 1 atom stereocenters. The second-order valence-electron chi connectivity index (χ2n) is 8.31. The predicted molar refractivity (Wildman–Crippen MR) is 127 cm³/mol. The normalized spacial score (nSPS) is 15.5. The summed E-state index contributed by atoms with van der Waals surface area (Å²) in [5.74, 6) is 0.458. The molecule has 0 amide bonds. The molecule has 1 aliphatic heterocycles. The number of hydrogen-bond acceptors (Lipinski definition) is 3. The summed E-state index contributed by atoms with van der Waals surface area (Å²) < 4.78 is 13.4. The van der Waals surface area contributed by atoms with Crippen LogP contribution in [-0.4, -0.2) is 59.8 Å². The molecule has 1 aliphatic rings. The highest BCUT2D eigenvalue weighted by Crippen LogP contribution is 2.20. The lowest BCUT2D eigenvalue weighted by molar-refractivity contribution is 0.111. The van der Waals surface area contributed by atoms with Crippen LogP contribution < -0.4 is 10.6 Å². The lowest BCUT2D eigenvalue weighted by Crippen LogP contribution is -2.40. The third-order valence-electron chi connectivity index (χ3n) is 5.90. The van der Waals surface area contributed by atoms with Crippen molar-refractivity contribution in [2.45, 2.75) is 32.4 Å². The second-order valence-corrected chi connectivity index (χ2v) is 8.31. The molecule has 4 N–H and O–H groups in total. The van der Waals surface area contributed by atoms with Crippen LogP contribution in [0.2, 0.25) is 0 Å². The zero-order chi connectivity index (χ0) is 22.3. The summed E-state index contributed by atoms with van der Waals surface area (Å²) in [6, 6.07) is 13.3. The van der Waals surface area contributed by atoms with Crippen LogP contribution in [0.5, 0.6) is 0 Å². The summed E-state index contributed by atoms with van der Waals surface area (Å²) >= 11 is 0. The Kier molecular flexibility index (Phi) is 7.39. The van der Waals surface area contributed by atoms with Crippen molar-refractivity contribution < 1.29 is 9.50 Å².